The van der Waals surface area contributed by atoms with Gasteiger partial charge in [0.1, 0.15) is 0 Å². The van der Waals surface area contributed by atoms with Crippen molar-refractivity contribution in [3.8, 4) is 0 Å². The van der Waals surface area contributed by atoms with Crippen LogP contribution in [0.3, 0.4) is 0 Å². The summed E-state index contributed by atoms with van der Waals surface area (Å²) in [4.78, 5) is 25.6. The van der Waals surface area contributed by atoms with Crippen molar-refractivity contribution in [3.05, 3.63) is 40.5 Å². The van der Waals surface area contributed by atoms with E-state index in [9.17, 15) is 9.59 Å². The number of hydrogen-bond acceptors (Lipinski definition) is 4. The van der Waals surface area contributed by atoms with Crippen LogP contribution in [-0.4, -0.2) is 16.1 Å². The summed E-state index contributed by atoms with van der Waals surface area (Å²) in [5, 5.41) is 8.94. The highest BCUT2D eigenvalue weighted by Gasteiger charge is 2.09. The third-order valence-electron chi connectivity index (χ3n) is 1.74. The van der Waals surface area contributed by atoms with Crippen molar-refractivity contribution < 1.29 is 14.3 Å². The largest absolute Gasteiger partial charge is 0.475 e. The molecule has 5 nitrogen and oxygen atoms in total. The van der Waals surface area contributed by atoms with Crippen LogP contribution in [0.25, 0.3) is 11.0 Å². The number of aromatic nitrogens is 1. The summed E-state index contributed by atoms with van der Waals surface area (Å²) in [5.41, 5.74) is -0.205. The van der Waals surface area contributed by atoms with E-state index >= 15 is 0 Å². The molecule has 0 bridgehead atoms. The van der Waals surface area contributed by atoms with Gasteiger partial charge in [-0.2, -0.15) is 0 Å². The molecular formula is C9H5NO4. The Bertz CT molecular complexity index is 558. The summed E-state index contributed by atoms with van der Waals surface area (Å²) in [6.07, 6.45) is 2.75. The minimum atomic E-state index is -1.27. The number of carboxylic acid groups (broad SMARTS) is 1. The number of hydrogen-bond donors (Lipinski definition) is 1. The Hall–Kier alpha value is -2.17. The summed E-state index contributed by atoms with van der Waals surface area (Å²) in [6, 6.07) is 2.43. The van der Waals surface area contributed by atoms with E-state index in [2.05, 4.69) is 4.98 Å². The van der Waals surface area contributed by atoms with Gasteiger partial charge in [-0.05, 0) is 6.07 Å². The fraction of sp³-hybridized carbons (Fsp3) is 0. The van der Waals surface area contributed by atoms with E-state index in [1.54, 1.807) is 0 Å². The second-order valence-corrected chi connectivity index (χ2v) is 2.65. The van der Waals surface area contributed by atoms with Gasteiger partial charge in [0.25, 0.3) is 0 Å². The van der Waals surface area contributed by atoms with Gasteiger partial charge in [0, 0.05) is 12.3 Å². The Morgan fingerprint density at radius 3 is 3.00 bits per heavy atom. The predicted molar refractivity (Wildman–Crippen MR) is 47.2 cm³/mol. The van der Waals surface area contributed by atoms with Crippen molar-refractivity contribution >= 4 is 16.9 Å². The number of aromatic carboxylic acids is 1. The summed E-state index contributed by atoms with van der Waals surface area (Å²) >= 11 is 0. The zero-order valence-electron chi connectivity index (χ0n) is 6.93. The molecule has 2 rings (SSSR count). The molecule has 0 aliphatic heterocycles. The molecule has 0 spiro atoms. The second-order valence-electron chi connectivity index (χ2n) is 2.65. The molecule has 2 aromatic heterocycles. The minimum Gasteiger partial charge on any atom is -0.475 e. The van der Waals surface area contributed by atoms with Crippen molar-refractivity contribution in [2.75, 3.05) is 0 Å². The van der Waals surface area contributed by atoms with Gasteiger partial charge in [0.15, 0.2) is 11.0 Å². The molecule has 1 N–H and O–H groups in total. The van der Waals surface area contributed by atoms with Gasteiger partial charge in [-0.1, -0.05) is 0 Å². The molecule has 0 aliphatic carbocycles. The lowest BCUT2D eigenvalue weighted by molar-refractivity contribution is 0.0663. The predicted octanol–water partition coefficient (Wildman–Crippen LogP) is 0.886. The zero-order valence-corrected chi connectivity index (χ0v) is 6.93. The second kappa shape index (κ2) is 2.95. The van der Waals surface area contributed by atoms with Crippen molar-refractivity contribution in [1.29, 1.82) is 0 Å². The van der Waals surface area contributed by atoms with Gasteiger partial charge in [-0.3, -0.25) is 9.78 Å². The monoisotopic (exact) mass is 191 g/mol. The van der Waals surface area contributed by atoms with Gasteiger partial charge in [-0.25, -0.2) is 4.79 Å². The molecule has 0 fully saturated rings. The van der Waals surface area contributed by atoms with E-state index in [1.807, 2.05) is 0 Å². The Balaban J connectivity index is 2.86. The highest BCUT2D eigenvalue weighted by molar-refractivity contribution is 5.87. The van der Waals surface area contributed by atoms with Gasteiger partial charge < -0.3 is 9.52 Å². The Kier molecular flexibility index (Phi) is 1.78. The Morgan fingerprint density at radius 2 is 2.29 bits per heavy atom. The van der Waals surface area contributed by atoms with Crippen LogP contribution >= 0.6 is 0 Å². The molecule has 2 heterocycles. The van der Waals surface area contributed by atoms with Crippen LogP contribution in [0.1, 0.15) is 10.6 Å². The fourth-order valence-electron chi connectivity index (χ4n) is 1.11. The third-order valence-corrected chi connectivity index (χ3v) is 1.74. The number of nitrogens with zero attached hydrogens (tertiary/aromatic N) is 1. The summed E-state index contributed by atoms with van der Waals surface area (Å²) in [7, 11) is 0. The maximum atomic E-state index is 11.4. The molecule has 0 aliphatic rings. The first-order valence-corrected chi connectivity index (χ1v) is 3.79. The maximum absolute atomic E-state index is 11.4. The molecule has 0 radical (unpaired) electrons. The van der Waals surface area contributed by atoms with E-state index in [0.717, 1.165) is 6.07 Å². The smallest absolute Gasteiger partial charge is 0.371 e. The van der Waals surface area contributed by atoms with Crippen LogP contribution in [0.4, 0.5) is 0 Å². The molecule has 0 unspecified atom stereocenters. The fourth-order valence-corrected chi connectivity index (χ4v) is 1.11. The molecule has 0 saturated heterocycles. The van der Waals surface area contributed by atoms with Crippen molar-refractivity contribution in [2.24, 2.45) is 0 Å². The van der Waals surface area contributed by atoms with E-state index in [1.165, 1.54) is 18.5 Å². The van der Waals surface area contributed by atoms with Crippen molar-refractivity contribution in [1.82, 2.24) is 4.98 Å². The summed E-state index contributed by atoms with van der Waals surface area (Å²) in [5.74, 6) is -1.65. The van der Waals surface area contributed by atoms with Crippen LogP contribution in [0.5, 0.6) is 0 Å². The highest BCUT2D eigenvalue weighted by atomic mass is 16.4. The first kappa shape index (κ1) is 8.43. The number of pyridine rings is 1. The van der Waals surface area contributed by atoms with Gasteiger partial charge in [0.05, 0.1) is 11.6 Å². The lowest BCUT2D eigenvalue weighted by Gasteiger charge is -1.96. The molecule has 70 valence electrons. The Morgan fingerprint density at radius 1 is 1.50 bits per heavy atom. The van der Waals surface area contributed by atoms with Crippen LogP contribution < -0.4 is 5.43 Å². The van der Waals surface area contributed by atoms with Crippen molar-refractivity contribution in [2.45, 2.75) is 0 Å². The number of carboxylic acids is 1. The third kappa shape index (κ3) is 1.24. The molecule has 5 heteroatoms. The lowest BCUT2D eigenvalue weighted by atomic mass is 10.2. The van der Waals surface area contributed by atoms with Gasteiger partial charge >= 0.3 is 5.97 Å². The Labute approximate surface area is 77.6 Å². The van der Waals surface area contributed by atoms with Crippen LogP contribution in [-0.2, 0) is 0 Å². The van der Waals surface area contributed by atoms with Crippen LogP contribution in [0, 0.1) is 0 Å². The molecule has 0 amide bonds. The van der Waals surface area contributed by atoms with Gasteiger partial charge in [0.2, 0.25) is 5.76 Å². The molecule has 0 aromatic carbocycles. The summed E-state index contributed by atoms with van der Waals surface area (Å²) in [6.45, 7) is 0. The topological polar surface area (TPSA) is 80.4 Å². The number of fused-ring (bicyclic) bond motifs is 1. The zero-order chi connectivity index (χ0) is 10.1. The standard InChI is InChI=1S/C9H5NO4/c11-6-3-7(9(12)13)14-8-4-10-2-1-5(6)8/h1-4H,(H,12,13). The van der Waals surface area contributed by atoms with Crippen LogP contribution in [0.2, 0.25) is 0 Å². The number of rotatable bonds is 1. The normalized spacial score (nSPS) is 10.3. The molecule has 0 atom stereocenters. The number of carbonyl (C=O) groups is 1. The van der Waals surface area contributed by atoms with E-state index in [0.29, 0.717) is 5.39 Å². The highest BCUT2D eigenvalue weighted by Crippen LogP contribution is 2.09. The van der Waals surface area contributed by atoms with Crippen molar-refractivity contribution in [3.63, 3.8) is 0 Å². The maximum Gasteiger partial charge on any atom is 0.371 e. The quantitative estimate of drug-likeness (QED) is 0.723. The van der Waals surface area contributed by atoms with E-state index in [-0.39, 0.29) is 16.8 Å². The van der Waals surface area contributed by atoms with Crippen LogP contribution in [0.15, 0.2) is 33.7 Å². The lowest BCUT2D eigenvalue weighted by Crippen LogP contribution is -2.06. The van der Waals surface area contributed by atoms with E-state index < -0.39 is 5.97 Å². The summed E-state index contributed by atoms with van der Waals surface area (Å²) < 4.78 is 4.94. The first-order chi connectivity index (χ1) is 6.68. The molecule has 2 aromatic rings. The SMILES string of the molecule is O=C(O)c1cc(=O)c2ccncc2o1. The van der Waals surface area contributed by atoms with E-state index in [4.69, 9.17) is 9.52 Å². The average molecular weight is 191 g/mol. The van der Waals surface area contributed by atoms with Gasteiger partial charge in [-0.15, -0.1) is 0 Å². The average Bonchev–Trinajstić information content (AvgIpc) is 2.17. The molecule has 14 heavy (non-hydrogen) atoms. The molecular weight excluding hydrogens is 186 g/mol. The first-order valence-electron chi connectivity index (χ1n) is 3.79. The minimum absolute atomic E-state index is 0.178. The molecule has 0 saturated carbocycles.